The van der Waals surface area contributed by atoms with Crippen LogP contribution in [0.25, 0.3) is 0 Å². The lowest BCUT2D eigenvalue weighted by molar-refractivity contribution is -0.142. The van der Waals surface area contributed by atoms with Crippen molar-refractivity contribution in [3.63, 3.8) is 0 Å². The average molecular weight is 477 g/mol. The molecule has 35 heavy (non-hydrogen) atoms. The van der Waals surface area contributed by atoms with Crippen molar-refractivity contribution < 1.29 is 18.7 Å². The van der Waals surface area contributed by atoms with Gasteiger partial charge in [0.05, 0.1) is 0 Å². The quantitative estimate of drug-likeness (QED) is 0.427. The van der Waals surface area contributed by atoms with E-state index < -0.39 is 6.04 Å². The summed E-state index contributed by atoms with van der Waals surface area (Å²) in [6.45, 7) is 6.43. The third-order valence-corrected chi connectivity index (χ3v) is 5.57. The number of rotatable bonds is 11. The Hall–Kier alpha value is -3.67. The van der Waals surface area contributed by atoms with Gasteiger partial charge in [0, 0.05) is 19.5 Å². The van der Waals surface area contributed by atoms with E-state index in [1.165, 1.54) is 17.0 Å². The molecule has 0 heterocycles. The molecule has 1 N–H and O–H groups in total. The summed E-state index contributed by atoms with van der Waals surface area (Å²) in [5, 5.41) is 2.98. The van der Waals surface area contributed by atoms with E-state index in [9.17, 15) is 14.0 Å². The molecule has 184 valence electrons. The van der Waals surface area contributed by atoms with Gasteiger partial charge in [-0.1, -0.05) is 68.4 Å². The number of ether oxygens (including phenoxy) is 1. The first-order valence-corrected chi connectivity index (χ1v) is 11.9. The summed E-state index contributed by atoms with van der Waals surface area (Å²) >= 11 is 0. The van der Waals surface area contributed by atoms with Crippen molar-refractivity contribution >= 4 is 11.8 Å². The van der Waals surface area contributed by atoms with Crippen molar-refractivity contribution in [1.29, 1.82) is 0 Å². The van der Waals surface area contributed by atoms with Gasteiger partial charge in [0.15, 0.2) is 6.61 Å². The van der Waals surface area contributed by atoms with E-state index in [4.69, 9.17) is 4.74 Å². The topological polar surface area (TPSA) is 58.6 Å². The van der Waals surface area contributed by atoms with Crippen LogP contribution in [0, 0.1) is 18.7 Å². The molecule has 3 aromatic rings. The van der Waals surface area contributed by atoms with E-state index in [1.807, 2.05) is 69.3 Å². The number of hydrogen-bond donors (Lipinski definition) is 1. The fraction of sp³-hybridized carbons (Fsp3) is 0.310. The minimum atomic E-state index is -0.755. The molecule has 0 saturated heterocycles. The van der Waals surface area contributed by atoms with Crippen molar-refractivity contribution in [2.75, 3.05) is 13.2 Å². The first-order chi connectivity index (χ1) is 16.8. The van der Waals surface area contributed by atoms with Crippen LogP contribution in [0.15, 0.2) is 78.9 Å². The Morgan fingerprint density at radius 2 is 1.66 bits per heavy atom. The Labute approximate surface area is 206 Å². The smallest absolute Gasteiger partial charge is 0.261 e. The zero-order valence-electron chi connectivity index (χ0n) is 20.5. The third kappa shape index (κ3) is 8.25. The van der Waals surface area contributed by atoms with Crippen molar-refractivity contribution in [3.05, 3.63) is 101 Å². The van der Waals surface area contributed by atoms with Crippen LogP contribution in [0.4, 0.5) is 4.39 Å². The predicted molar refractivity (Wildman–Crippen MR) is 135 cm³/mol. The summed E-state index contributed by atoms with van der Waals surface area (Å²) in [6.07, 6.45) is 0.349. The molecule has 0 aliphatic carbocycles. The number of carbonyl (C=O) groups excluding carboxylic acids is 2. The highest BCUT2D eigenvalue weighted by Gasteiger charge is 2.30. The van der Waals surface area contributed by atoms with Gasteiger partial charge < -0.3 is 15.0 Å². The zero-order valence-corrected chi connectivity index (χ0v) is 20.5. The number of aryl methyl sites for hydroxylation is 1. The number of halogens is 1. The maximum atomic E-state index is 13.5. The SMILES string of the molecule is Cc1cccc(OCC(=O)N(Cc2ccc(F)cc2)[C@H](Cc2ccccc2)C(=O)NCC(C)C)c1. The molecule has 0 aromatic heterocycles. The van der Waals surface area contributed by atoms with E-state index >= 15 is 0 Å². The summed E-state index contributed by atoms with van der Waals surface area (Å²) in [5.74, 6) is -0.0545. The van der Waals surface area contributed by atoms with Gasteiger partial charge in [-0.05, 0) is 53.8 Å². The van der Waals surface area contributed by atoms with E-state index in [2.05, 4.69) is 5.32 Å². The van der Waals surface area contributed by atoms with E-state index in [1.54, 1.807) is 18.2 Å². The molecule has 0 unspecified atom stereocenters. The average Bonchev–Trinajstić information content (AvgIpc) is 2.85. The summed E-state index contributed by atoms with van der Waals surface area (Å²) in [6, 6.07) is 22.3. The van der Waals surface area contributed by atoms with Crippen LogP contribution >= 0.6 is 0 Å². The standard InChI is InChI=1S/C29H33FN2O3/c1-21(2)18-31-29(34)27(17-23-9-5-4-6-10-23)32(19-24-12-14-25(30)15-13-24)28(33)20-35-26-11-7-8-22(3)16-26/h4-16,21,27H,17-20H2,1-3H3,(H,31,34)/t27-/m1/s1. The van der Waals surface area contributed by atoms with Crippen LogP contribution in [0.2, 0.25) is 0 Å². The number of benzene rings is 3. The van der Waals surface area contributed by atoms with Crippen LogP contribution in [0.3, 0.4) is 0 Å². The molecule has 6 heteroatoms. The molecule has 0 fully saturated rings. The van der Waals surface area contributed by atoms with Gasteiger partial charge in [-0.15, -0.1) is 0 Å². The second kappa shape index (κ2) is 12.7. The van der Waals surface area contributed by atoms with Crippen LogP contribution in [0.1, 0.15) is 30.5 Å². The lowest BCUT2D eigenvalue weighted by atomic mass is 10.0. The van der Waals surface area contributed by atoms with Crippen LogP contribution in [0.5, 0.6) is 5.75 Å². The Bertz CT molecular complexity index is 1100. The predicted octanol–water partition coefficient (Wildman–Crippen LogP) is 4.93. The minimum absolute atomic E-state index is 0.156. The number of amides is 2. The first kappa shape index (κ1) is 25.9. The molecule has 0 radical (unpaired) electrons. The van der Waals surface area contributed by atoms with Gasteiger partial charge in [-0.25, -0.2) is 4.39 Å². The van der Waals surface area contributed by atoms with Gasteiger partial charge >= 0.3 is 0 Å². The van der Waals surface area contributed by atoms with Crippen LogP contribution < -0.4 is 10.1 Å². The third-order valence-electron chi connectivity index (χ3n) is 5.57. The Morgan fingerprint density at radius 3 is 2.31 bits per heavy atom. The largest absolute Gasteiger partial charge is 0.484 e. The fourth-order valence-electron chi connectivity index (χ4n) is 3.70. The molecule has 2 amide bonds. The van der Waals surface area contributed by atoms with Crippen molar-refractivity contribution in [1.82, 2.24) is 10.2 Å². The molecule has 1 atom stereocenters. The maximum absolute atomic E-state index is 13.5. The summed E-state index contributed by atoms with van der Waals surface area (Å²) in [7, 11) is 0. The molecule has 0 saturated carbocycles. The summed E-state index contributed by atoms with van der Waals surface area (Å²) < 4.78 is 19.3. The Kier molecular flexibility index (Phi) is 9.41. The first-order valence-electron chi connectivity index (χ1n) is 11.9. The van der Waals surface area contributed by atoms with Crippen molar-refractivity contribution in [2.45, 2.75) is 39.8 Å². The monoisotopic (exact) mass is 476 g/mol. The highest BCUT2D eigenvalue weighted by atomic mass is 19.1. The van der Waals surface area contributed by atoms with Gasteiger partial charge in [0.1, 0.15) is 17.6 Å². The molecular formula is C29H33FN2O3. The molecule has 0 aliphatic rings. The molecular weight excluding hydrogens is 443 g/mol. The lowest BCUT2D eigenvalue weighted by Gasteiger charge is -2.31. The maximum Gasteiger partial charge on any atom is 0.261 e. The molecule has 0 spiro atoms. The van der Waals surface area contributed by atoms with Crippen LogP contribution in [-0.4, -0.2) is 35.9 Å². The van der Waals surface area contributed by atoms with Crippen LogP contribution in [-0.2, 0) is 22.6 Å². The molecule has 0 aliphatic heterocycles. The lowest BCUT2D eigenvalue weighted by Crippen LogP contribution is -2.52. The molecule has 3 aromatic carbocycles. The number of nitrogens with zero attached hydrogens (tertiary/aromatic N) is 1. The van der Waals surface area contributed by atoms with E-state index in [0.717, 1.165) is 16.7 Å². The van der Waals surface area contributed by atoms with Crippen molar-refractivity contribution in [3.8, 4) is 5.75 Å². The molecule has 3 rings (SSSR count). The zero-order chi connectivity index (χ0) is 25.2. The number of nitrogens with one attached hydrogen (secondary N) is 1. The highest BCUT2D eigenvalue weighted by Crippen LogP contribution is 2.17. The summed E-state index contributed by atoms with van der Waals surface area (Å²) in [5.41, 5.74) is 2.69. The van der Waals surface area contributed by atoms with Crippen molar-refractivity contribution in [2.24, 2.45) is 5.92 Å². The Balaban J connectivity index is 1.89. The fourth-order valence-corrected chi connectivity index (χ4v) is 3.70. The second-order valence-electron chi connectivity index (χ2n) is 9.10. The Morgan fingerprint density at radius 1 is 0.943 bits per heavy atom. The van der Waals surface area contributed by atoms with Gasteiger partial charge in [-0.3, -0.25) is 9.59 Å². The normalized spacial score (nSPS) is 11.7. The van der Waals surface area contributed by atoms with Gasteiger partial charge in [-0.2, -0.15) is 0 Å². The number of hydrogen-bond acceptors (Lipinski definition) is 3. The van der Waals surface area contributed by atoms with Gasteiger partial charge in [0.25, 0.3) is 5.91 Å². The van der Waals surface area contributed by atoms with E-state index in [-0.39, 0.29) is 36.7 Å². The molecule has 5 nitrogen and oxygen atoms in total. The van der Waals surface area contributed by atoms with E-state index in [0.29, 0.717) is 18.7 Å². The second-order valence-corrected chi connectivity index (χ2v) is 9.10. The minimum Gasteiger partial charge on any atom is -0.484 e. The highest BCUT2D eigenvalue weighted by molar-refractivity contribution is 5.88. The summed E-state index contributed by atoms with van der Waals surface area (Å²) in [4.78, 5) is 28.4. The molecule has 0 bridgehead atoms. The number of carbonyl (C=O) groups is 2. The van der Waals surface area contributed by atoms with Gasteiger partial charge in [0.2, 0.25) is 5.91 Å².